The summed E-state index contributed by atoms with van der Waals surface area (Å²) in [5.41, 5.74) is 0.819. The van der Waals surface area contributed by atoms with E-state index in [1.165, 1.54) is 18.8 Å². The smallest absolute Gasteiger partial charge is 0.0207 e. The highest BCUT2D eigenvalue weighted by atomic mass is 14.7. The monoisotopic (exact) mass is 328 g/mol. The van der Waals surface area contributed by atoms with Crippen molar-refractivity contribution in [3.8, 4) is 0 Å². The van der Waals surface area contributed by atoms with Crippen molar-refractivity contribution in [2.45, 2.75) is 109 Å². The van der Waals surface area contributed by atoms with Crippen LogP contribution in [0.2, 0.25) is 0 Å². The predicted octanol–water partition coefficient (Wildman–Crippen LogP) is 7.37. The van der Waals surface area contributed by atoms with Crippen LogP contribution >= 0.6 is 0 Å². The highest BCUT2D eigenvalue weighted by Crippen LogP contribution is 2.69. The lowest BCUT2D eigenvalue weighted by Crippen LogP contribution is -2.46. The molecule has 5 fully saturated rings. The third-order valence-electron chi connectivity index (χ3n) is 9.83. The molecule has 0 N–H and O–H groups in total. The fourth-order valence-electron chi connectivity index (χ4n) is 9.22. The molecule has 4 unspecified atom stereocenters. The minimum atomic E-state index is 0.819. The van der Waals surface area contributed by atoms with Crippen LogP contribution in [0.5, 0.6) is 0 Å². The number of hydrogen-bond acceptors (Lipinski definition) is 0. The van der Waals surface area contributed by atoms with E-state index in [-0.39, 0.29) is 0 Å². The molecule has 5 aliphatic rings. The number of hydrogen-bond donors (Lipinski definition) is 0. The Morgan fingerprint density at radius 1 is 0.458 bits per heavy atom. The largest absolute Gasteiger partial charge is 0.0533 e. The molecular formula is C24H40. The van der Waals surface area contributed by atoms with Gasteiger partial charge in [-0.25, -0.2) is 0 Å². The first kappa shape index (κ1) is 16.2. The lowest BCUT2D eigenvalue weighted by atomic mass is 9.51. The Bertz CT molecular complexity index is 405. The Hall–Kier alpha value is 0. The lowest BCUT2D eigenvalue weighted by molar-refractivity contribution is -0.0452. The maximum atomic E-state index is 1.69. The van der Waals surface area contributed by atoms with Gasteiger partial charge in [-0.3, -0.25) is 0 Å². The van der Waals surface area contributed by atoms with Crippen LogP contribution in [0, 0.1) is 40.9 Å². The lowest BCUT2D eigenvalue weighted by Gasteiger charge is -2.53. The molecule has 0 aromatic rings. The Morgan fingerprint density at radius 3 is 1.62 bits per heavy atom. The summed E-state index contributed by atoms with van der Waals surface area (Å²) < 4.78 is 0. The van der Waals surface area contributed by atoms with Crippen molar-refractivity contribution in [2.24, 2.45) is 40.9 Å². The Kier molecular flexibility index (Phi) is 4.47. The van der Waals surface area contributed by atoms with E-state index < -0.39 is 0 Å². The third-order valence-corrected chi connectivity index (χ3v) is 9.83. The van der Waals surface area contributed by atoms with Crippen LogP contribution in [-0.4, -0.2) is 0 Å². The summed E-state index contributed by atoms with van der Waals surface area (Å²) in [6.07, 6.45) is 27.0. The summed E-state index contributed by atoms with van der Waals surface area (Å²) in [7, 11) is 0. The second kappa shape index (κ2) is 6.62. The first-order chi connectivity index (χ1) is 11.9. The van der Waals surface area contributed by atoms with Crippen molar-refractivity contribution >= 4 is 0 Å². The Labute approximate surface area is 150 Å². The SMILES string of the molecule is C1CCC(C2(C3CCCCC3)CC3CCCC4CCCC2C43)CC1. The average molecular weight is 329 g/mol. The molecule has 0 aromatic carbocycles. The van der Waals surface area contributed by atoms with Gasteiger partial charge in [0, 0.05) is 0 Å². The molecule has 0 saturated heterocycles. The van der Waals surface area contributed by atoms with E-state index in [1.54, 1.807) is 96.3 Å². The van der Waals surface area contributed by atoms with Gasteiger partial charge in [-0.1, -0.05) is 70.6 Å². The van der Waals surface area contributed by atoms with E-state index in [9.17, 15) is 0 Å². The van der Waals surface area contributed by atoms with Gasteiger partial charge in [-0.2, -0.15) is 0 Å². The van der Waals surface area contributed by atoms with Gasteiger partial charge in [0.15, 0.2) is 0 Å². The molecule has 0 amide bonds. The van der Waals surface area contributed by atoms with Crippen LogP contribution in [0.25, 0.3) is 0 Å². The highest BCUT2D eigenvalue weighted by Gasteiger charge is 2.61. The normalized spacial score (nSPS) is 43.5. The van der Waals surface area contributed by atoms with Crippen LogP contribution < -0.4 is 0 Å². The van der Waals surface area contributed by atoms with Crippen molar-refractivity contribution in [3.05, 3.63) is 0 Å². The second-order valence-corrected chi connectivity index (χ2v) is 10.6. The molecule has 5 aliphatic carbocycles. The fourth-order valence-corrected chi connectivity index (χ4v) is 9.22. The van der Waals surface area contributed by atoms with Gasteiger partial charge < -0.3 is 0 Å². The molecule has 0 aliphatic heterocycles. The van der Waals surface area contributed by atoms with Crippen molar-refractivity contribution in [2.75, 3.05) is 0 Å². The molecule has 0 heteroatoms. The molecular weight excluding hydrogens is 288 g/mol. The van der Waals surface area contributed by atoms with Gasteiger partial charge in [0.05, 0.1) is 0 Å². The molecule has 4 atom stereocenters. The molecule has 24 heavy (non-hydrogen) atoms. The van der Waals surface area contributed by atoms with Gasteiger partial charge in [-0.05, 0) is 79.4 Å². The van der Waals surface area contributed by atoms with E-state index >= 15 is 0 Å². The van der Waals surface area contributed by atoms with E-state index in [1.807, 2.05) is 0 Å². The van der Waals surface area contributed by atoms with E-state index in [0.29, 0.717) is 0 Å². The molecule has 0 aromatic heterocycles. The van der Waals surface area contributed by atoms with Gasteiger partial charge in [0.25, 0.3) is 0 Å². The molecule has 136 valence electrons. The minimum Gasteiger partial charge on any atom is -0.0533 e. The zero-order chi connectivity index (χ0) is 16.0. The standard InChI is InChI=1S/C24H40/c1-3-12-20(13-4-1)24(21-14-5-2-6-15-21)17-19-11-7-9-18-10-8-16-22(24)23(18)19/h18-23H,1-17H2. The summed E-state index contributed by atoms with van der Waals surface area (Å²) >= 11 is 0. The fraction of sp³-hybridized carbons (Fsp3) is 1.00. The maximum Gasteiger partial charge on any atom is -0.0207 e. The molecule has 0 spiro atoms. The Morgan fingerprint density at radius 2 is 1.00 bits per heavy atom. The van der Waals surface area contributed by atoms with Crippen LogP contribution in [-0.2, 0) is 0 Å². The van der Waals surface area contributed by atoms with Gasteiger partial charge in [0.2, 0.25) is 0 Å². The molecule has 0 heterocycles. The first-order valence-corrected chi connectivity index (χ1v) is 11.9. The predicted molar refractivity (Wildman–Crippen MR) is 102 cm³/mol. The maximum absolute atomic E-state index is 1.69. The first-order valence-electron chi connectivity index (χ1n) is 11.9. The molecule has 0 radical (unpaired) electrons. The molecule has 0 bridgehead atoms. The Balaban J connectivity index is 1.52. The van der Waals surface area contributed by atoms with Crippen molar-refractivity contribution in [3.63, 3.8) is 0 Å². The summed E-state index contributed by atoms with van der Waals surface area (Å²) in [6, 6.07) is 0. The summed E-state index contributed by atoms with van der Waals surface area (Å²) in [6.45, 7) is 0. The summed E-state index contributed by atoms with van der Waals surface area (Å²) in [5, 5.41) is 0. The van der Waals surface area contributed by atoms with E-state index in [2.05, 4.69) is 0 Å². The van der Waals surface area contributed by atoms with Crippen LogP contribution in [0.1, 0.15) is 109 Å². The van der Waals surface area contributed by atoms with Crippen LogP contribution in [0.4, 0.5) is 0 Å². The summed E-state index contributed by atoms with van der Waals surface area (Å²) in [4.78, 5) is 0. The van der Waals surface area contributed by atoms with Crippen LogP contribution in [0.15, 0.2) is 0 Å². The van der Waals surface area contributed by atoms with Crippen molar-refractivity contribution in [1.29, 1.82) is 0 Å². The summed E-state index contributed by atoms with van der Waals surface area (Å²) in [5.74, 6) is 6.89. The molecule has 5 rings (SSSR count). The number of rotatable bonds is 2. The van der Waals surface area contributed by atoms with Gasteiger partial charge in [-0.15, -0.1) is 0 Å². The second-order valence-electron chi connectivity index (χ2n) is 10.6. The van der Waals surface area contributed by atoms with Crippen molar-refractivity contribution in [1.82, 2.24) is 0 Å². The molecule has 0 nitrogen and oxygen atoms in total. The van der Waals surface area contributed by atoms with E-state index in [4.69, 9.17) is 0 Å². The molecule has 5 saturated carbocycles. The highest BCUT2D eigenvalue weighted by molar-refractivity contribution is 5.10. The van der Waals surface area contributed by atoms with Crippen LogP contribution in [0.3, 0.4) is 0 Å². The van der Waals surface area contributed by atoms with Gasteiger partial charge in [0.1, 0.15) is 0 Å². The minimum absolute atomic E-state index is 0.819. The average Bonchev–Trinajstić information content (AvgIpc) is 3.01. The zero-order valence-corrected chi connectivity index (χ0v) is 16.0. The quantitative estimate of drug-likeness (QED) is 0.496. The van der Waals surface area contributed by atoms with E-state index in [0.717, 1.165) is 35.0 Å². The zero-order valence-electron chi connectivity index (χ0n) is 16.0. The van der Waals surface area contributed by atoms with Gasteiger partial charge >= 0.3 is 0 Å². The topological polar surface area (TPSA) is 0 Å². The third kappa shape index (κ3) is 2.44. The van der Waals surface area contributed by atoms with Crippen molar-refractivity contribution < 1.29 is 0 Å².